The molecule has 0 saturated heterocycles. The van der Waals surface area contributed by atoms with E-state index in [4.69, 9.17) is 4.98 Å². The summed E-state index contributed by atoms with van der Waals surface area (Å²) in [6.45, 7) is 4.45. The number of anilines is 1. The molecule has 0 bridgehead atoms. The van der Waals surface area contributed by atoms with Crippen molar-refractivity contribution in [1.29, 1.82) is 0 Å². The predicted molar refractivity (Wildman–Crippen MR) is 114 cm³/mol. The number of thiazole rings is 1. The lowest BCUT2D eigenvalue weighted by Crippen LogP contribution is -2.34. The molecule has 28 heavy (non-hydrogen) atoms. The maximum Gasteiger partial charge on any atom is 0.250 e. The van der Waals surface area contributed by atoms with Gasteiger partial charge in [0.15, 0.2) is 5.13 Å². The van der Waals surface area contributed by atoms with E-state index in [9.17, 15) is 4.79 Å². The average molecular weight is 456 g/mol. The molecule has 0 saturated carbocycles. The number of fused-ring (bicyclic) bond motifs is 1. The molecule has 0 spiro atoms. The lowest BCUT2D eigenvalue weighted by molar-refractivity contribution is -0.119. The maximum atomic E-state index is 13.2. The number of halogens is 1. The number of benzene rings is 1. The van der Waals surface area contributed by atoms with E-state index in [1.54, 1.807) is 22.0 Å². The number of carbonyl (C=O) groups is 1. The zero-order valence-electron chi connectivity index (χ0n) is 15.5. The van der Waals surface area contributed by atoms with Crippen LogP contribution in [0.5, 0.6) is 0 Å². The molecule has 142 valence electrons. The summed E-state index contributed by atoms with van der Waals surface area (Å²) >= 11 is 5.00. The van der Waals surface area contributed by atoms with Gasteiger partial charge in [0, 0.05) is 22.6 Å². The molecule has 3 heterocycles. The van der Waals surface area contributed by atoms with Gasteiger partial charge in [0.25, 0.3) is 5.91 Å². The lowest BCUT2D eigenvalue weighted by atomic mass is 10.2. The molecular weight excluding hydrogens is 438 g/mol. The minimum atomic E-state index is -0.0619. The molecule has 0 N–H and O–H groups in total. The summed E-state index contributed by atoms with van der Waals surface area (Å²) < 4.78 is 3.75. The van der Waals surface area contributed by atoms with Gasteiger partial charge in [-0.05, 0) is 49.7 Å². The van der Waals surface area contributed by atoms with E-state index in [2.05, 4.69) is 26.0 Å². The second kappa shape index (κ2) is 7.81. The van der Waals surface area contributed by atoms with Gasteiger partial charge in [-0.25, -0.2) is 4.98 Å². The highest BCUT2D eigenvalue weighted by Gasteiger charge is 2.21. The van der Waals surface area contributed by atoms with Crippen molar-refractivity contribution in [2.45, 2.75) is 26.9 Å². The van der Waals surface area contributed by atoms with Crippen molar-refractivity contribution in [3.63, 3.8) is 0 Å². The summed E-state index contributed by atoms with van der Waals surface area (Å²) in [7, 11) is 0. The third-order valence-corrected chi connectivity index (χ3v) is 5.86. The van der Waals surface area contributed by atoms with Crippen LogP contribution in [0.3, 0.4) is 0 Å². The summed E-state index contributed by atoms with van der Waals surface area (Å²) in [5.74, 6) is -0.0619. The Morgan fingerprint density at radius 1 is 1.25 bits per heavy atom. The number of amides is 1. The molecule has 0 aliphatic rings. The summed E-state index contributed by atoms with van der Waals surface area (Å²) in [4.78, 5) is 23.8. The van der Waals surface area contributed by atoms with Crippen LogP contribution in [-0.2, 0) is 17.9 Å². The van der Waals surface area contributed by atoms with E-state index >= 15 is 0 Å². The van der Waals surface area contributed by atoms with Crippen molar-refractivity contribution in [2.24, 2.45) is 0 Å². The van der Waals surface area contributed by atoms with Gasteiger partial charge in [-0.2, -0.15) is 5.10 Å². The first-order valence-electron chi connectivity index (χ1n) is 8.76. The molecule has 0 atom stereocenters. The van der Waals surface area contributed by atoms with Gasteiger partial charge in [-0.15, -0.1) is 0 Å². The Bertz CT molecular complexity index is 1140. The largest absolute Gasteiger partial charge is 0.282 e. The van der Waals surface area contributed by atoms with Crippen molar-refractivity contribution < 1.29 is 4.79 Å². The number of pyridine rings is 1. The van der Waals surface area contributed by atoms with Gasteiger partial charge >= 0.3 is 0 Å². The Hall–Kier alpha value is -2.58. The lowest BCUT2D eigenvalue weighted by Gasteiger charge is -2.20. The van der Waals surface area contributed by atoms with Crippen LogP contribution in [0.4, 0.5) is 5.13 Å². The molecule has 1 aromatic carbocycles. The first-order valence-corrected chi connectivity index (χ1v) is 10.4. The number of hydrogen-bond acceptors (Lipinski definition) is 5. The second-order valence-corrected chi connectivity index (χ2v) is 8.46. The fourth-order valence-corrected chi connectivity index (χ4v) is 4.52. The van der Waals surface area contributed by atoms with Gasteiger partial charge in [-0.3, -0.25) is 19.4 Å². The molecule has 8 heteroatoms. The van der Waals surface area contributed by atoms with Gasteiger partial charge in [0.1, 0.15) is 6.54 Å². The van der Waals surface area contributed by atoms with Crippen molar-refractivity contribution in [1.82, 2.24) is 19.7 Å². The number of carbonyl (C=O) groups excluding carboxylic acids is 1. The average Bonchev–Trinajstić information content (AvgIpc) is 3.22. The molecule has 0 fully saturated rings. The number of nitrogens with zero attached hydrogens (tertiary/aromatic N) is 5. The second-order valence-electron chi connectivity index (χ2n) is 6.53. The molecule has 4 rings (SSSR count). The molecule has 4 aromatic rings. The van der Waals surface area contributed by atoms with Gasteiger partial charge < -0.3 is 0 Å². The number of aromatic nitrogens is 4. The summed E-state index contributed by atoms with van der Waals surface area (Å²) in [5.41, 5.74) is 3.68. The van der Waals surface area contributed by atoms with Crippen molar-refractivity contribution >= 4 is 48.5 Å². The normalized spacial score (nSPS) is 11.1. The minimum absolute atomic E-state index is 0.0619. The quantitative estimate of drug-likeness (QED) is 0.444. The van der Waals surface area contributed by atoms with Crippen LogP contribution in [0, 0.1) is 13.8 Å². The molecule has 0 aliphatic carbocycles. The van der Waals surface area contributed by atoms with Crippen LogP contribution in [0.2, 0.25) is 0 Å². The first-order chi connectivity index (χ1) is 13.5. The van der Waals surface area contributed by atoms with Crippen LogP contribution in [0.15, 0.2) is 53.3 Å². The summed E-state index contributed by atoms with van der Waals surface area (Å²) in [5, 5.41) is 5.09. The minimum Gasteiger partial charge on any atom is -0.282 e. The summed E-state index contributed by atoms with van der Waals surface area (Å²) in [6, 6.07) is 11.7. The Morgan fingerprint density at radius 3 is 2.82 bits per heavy atom. The fraction of sp³-hybridized carbons (Fsp3) is 0.200. The van der Waals surface area contributed by atoms with E-state index in [1.807, 2.05) is 50.2 Å². The third-order valence-electron chi connectivity index (χ3n) is 4.32. The first kappa shape index (κ1) is 18.8. The molecule has 0 aliphatic heterocycles. The van der Waals surface area contributed by atoms with Crippen molar-refractivity contribution in [3.05, 3.63) is 70.2 Å². The van der Waals surface area contributed by atoms with E-state index in [0.717, 1.165) is 31.6 Å². The van der Waals surface area contributed by atoms with Crippen LogP contribution < -0.4 is 4.90 Å². The molecule has 6 nitrogen and oxygen atoms in total. The Kier molecular flexibility index (Phi) is 5.23. The van der Waals surface area contributed by atoms with E-state index < -0.39 is 0 Å². The maximum absolute atomic E-state index is 13.2. The van der Waals surface area contributed by atoms with Crippen LogP contribution in [0.1, 0.15) is 17.0 Å². The van der Waals surface area contributed by atoms with Gasteiger partial charge in [0.05, 0.1) is 22.5 Å². The highest BCUT2D eigenvalue weighted by Crippen LogP contribution is 2.32. The van der Waals surface area contributed by atoms with E-state index in [1.165, 1.54) is 11.3 Å². The number of hydrogen-bond donors (Lipinski definition) is 0. The third kappa shape index (κ3) is 3.98. The molecule has 0 unspecified atom stereocenters. The Balaban J connectivity index is 1.69. The van der Waals surface area contributed by atoms with Crippen LogP contribution in [0.25, 0.3) is 10.2 Å². The van der Waals surface area contributed by atoms with Crippen LogP contribution >= 0.6 is 27.3 Å². The van der Waals surface area contributed by atoms with Crippen LogP contribution in [-0.4, -0.2) is 25.7 Å². The summed E-state index contributed by atoms with van der Waals surface area (Å²) in [6.07, 6.45) is 3.49. The topological polar surface area (TPSA) is 63.9 Å². The predicted octanol–water partition coefficient (Wildman–Crippen LogP) is 4.50. The van der Waals surface area contributed by atoms with E-state index in [0.29, 0.717) is 11.7 Å². The number of aryl methyl sites for hydroxylation is 2. The standard InChI is InChI=1S/C20H18BrN5OS/c1-13-8-14(2)26(24-13)12-19(27)25(11-15-4-3-7-22-10-15)20-23-17-6-5-16(21)9-18(17)28-20/h3-10H,11-12H2,1-2H3. The smallest absolute Gasteiger partial charge is 0.250 e. The molecular formula is C20H18BrN5OS. The monoisotopic (exact) mass is 455 g/mol. The molecule has 3 aromatic heterocycles. The van der Waals surface area contributed by atoms with Crippen molar-refractivity contribution in [3.8, 4) is 0 Å². The zero-order valence-corrected chi connectivity index (χ0v) is 17.9. The fourth-order valence-electron chi connectivity index (χ4n) is 2.99. The molecule has 1 amide bonds. The van der Waals surface area contributed by atoms with E-state index in [-0.39, 0.29) is 12.5 Å². The van der Waals surface area contributed by atoms with Gasteiger partial charge in [0.2, 0.25) is 0 Å². The zero-order chi connectivity index (χ0) is 19.7. The molecule has 0 radical (unpaired) electrons. The highest BCUT2D eigenvalue weighted by atomic mass is 79.9. The SMILES string of the molecule is Cc1cc(C)n(CC(=O)N(Cc2cccnc2)c2nc3ccc(Br)cc3s2)n1. The van der Waals surface area contributed by atoms with Gasteiger partial charge in [-0.1, -0.05) is 33.3 Å². The highest BCUT2D eigenvalue weighted by molar-refractivity contribution is 9.10. The number of rotatable bonds is 5. The van der Waals surface area contributed by atoms with Crippen molar-refractivity contribution in [2.75, 3.05) is 4.90 Å². The Labute approximate surface area is 175 Å². The Morgan fingerprint density at radius 2 is 2.11 bits per heavy atom.